The van der Waals surface area contributed by atoms with Crippen molar-refractivity contribution in [1.82, 2.24) is 19.9 Å². The van der Waals surface area contributed by atoms with Crippen molar-refractivity contribution >= 4 is 64.6 Å². The number of hydrogen-bond donors (Lipinski definition) is 0. The van der Waals surface area contributed by atoms with Crippen molar-refractivity contribution in [1.29, 1.82) is 0 Å². The van der Waals surface area contributed by atoms with Gasteiger partial charge in [0.25, 0.3) is 0 Å². The van der Waals surface area contributed by atoms with Gasteiger partial charge in [0.15, 0.2) is 0 Å². The predicted octanol–water partition coefficient (Wildman–Crippen LogP) is 42.4. The van der Waals surface area contributed by atoms with Crippen LogP contribution in [0.4, 0.5) is 0 Å². The number of hydrogen-bond acceptors (Lipinski definition) is 4. The van der Waals surface area contributed by atoms with Gasteiger partial charge in [0.2, 0.25) is 0 Å². The van der Waals surface area contributed by atoms with Gasteiger partial charge in [-0.05, 0) is 303 Å². The molecule has 0 radical (unpaired) electrons. The standard InChI is InChI=1S/C28H36N2.C26H54Si4.C24H28N2.2C18H34Si2.C12H18.C11H16/c1-26(2,3)19-13-15-29-23(17-19)21-11-10-12-22(25(21)28(7,8)9)24-18-20(14-16-30-24)27(4,5)6;1-26(2,3)25-21(19-23(27(4,5)6)28(7,8)9)17-16-18-22(25)20-24(29(10,11)12)30(13,14)15;1-15-11-19(12-16(2)25-15)21-9-8-10-22(23(21)24(5,6)7)20-13-17(3)26-18(4)14-20;2*1-18(2,3)16-13-11-10-12-15(16)14-17(19(4,5)6)20(7,8)9;1-9-7-6-8-10(2)11(9)12(3,4)5;1-9-7-5-6-8-10(9)11(2,3)4/h10-18H,1-9H3;16-18,23-24H,19-20H2,1-15H3;8-14H,1-7H3;2*10-13,17H,14H2,1-9H3;6-8H,1-5H3;5-8H,1-4H3/i;19D2,20D2;;14D2;;;. The molecule has 0 amide bonds. The van der Waals surface area contributed by atoms with Gasteiger partial charge < -0.3 is 0 Å². The van der Waals surface area contributed by atoms with Gasteiger partial charge in [0.1, 0.15) is 0 Å². The molecule has 11 aromatic rings. The molecule has 4 heterocycles. The number of aromatic nitrogens is 4. The first kappa shape index (κ1) is 122. The van der Waals surface area contributed by atoms with Crippen molar-refractivity contribution in [2.45, 2.75) is 487 Å². The number of nitrogens with zero attached hydrogens (tertiary/aromatic N) is 4. The van der Waals surface area contributed by atoms with Gasteiger partial charge in [-0.25, -0.2) is 0 Å². The third kappa shape index (κ3) is 40.2. The lowest BCUT2D eigenvalue weighted by atomic mass is 9.77. The van der Waals surface area contributed by atoms with Gasteiger partial charge in [-0.2, -0.15) is 0 Å². The number of benzene rings is 7. The molecule has 149 heavy (non-hydrogen) atoms. The lowest BCUT2D eigenvalue weighted by Gasteiger charge is -2.41. The fourth-order valence-electron chi connectivity index (χ4n) is 23.2. The normalized spacial score (nSPS) is 14.0. The van der Waals surface area contributed by atoms with Crippen LogP contribution in [0.2, 0.25) is 178 Å². The van der Waals surface area contributed by atoms with Gasteiger partial charge in [-0.1, -0.05) is 490 Å². The third-order valence-corrected chi connectivity index (χ3v) is 65.0. The molecule has 12 heteroatoms. The van der Waals surface area contributed by atoms with Crippen LogP contribution >= 0.6 is 0 Å². The topological polar surface area (TPSA) is 51.6 Å². The lowest BCUT2D eigenvalue weighted by Crippen LogP contribution is -2.46. The van der Waals surface area contributed by atoms with Crippen molar-refractivity contribution in [3.05, 3.63) is 318 Å². The Balaban J connectivity index is 0.000000325. The first-order chi connectivity index (χ1) is 69.4. The molecule has 0 saturated carbocycles. The summed E-state index contributed by atoms with van der Waals surface area (Å²) in [5, 5.41) is 1.19. The van der Waals surface area contributed by atoms with Gasteiger partial charge in [0.05, 0.1) is 11.4 Å². The molecular weight excluding hydrogens is 1930 g/mol. The van der Waals surface area contributed by atoms with Crippen LogP contribution in [0.3, 0.4) is 0 Å². The fourth-order valence-corrected chi connectivity index (χ4v) is 70.0. The molecule has 0 aliphatic rings. The SMILES string of the molecule is CC(C)(C)c1ccccc1CC([Si](C)(C)C)[Si](C)(C)C.CC(C)(C)c1ccnc(-c2cccc(-c3cc(C(C)(C)C)ccn3)c2C(C)(C)C)c1.Cc1cc(-c2cccc(-c3cc(C)nc(C)c3)c2C(C)(C)C)cc(C)n1.Cc1cccc(C)c1C(C)(C)C.Cc1ccccc1C(C)(C)C.[2H]C([2H])(c1cccc(C([2H])([2H])C([Si](C)(C)C)[Si](C)(C)C)c1C(C)(C)C)C([Si](C)(C)C)[Si](C)(C)C.[2H]C([2H])(c1ccccc1C(C)(C)C)C([Si](C)(C)C)[Si](C)(C)C. The molecule has 820 valence electrons. The fraction of sp³-hybridized carbons (Fsp3) is 0.547. The largest absolute Gasteiger partial charge is 0.258 e. The third-order valence-electron chi connectivity index (χ3n) is 28.4. The first-order valence-electron chi connectivity index (χ1n) is 59.0. The zero-order chi connectivity index (χ0) is 120. The lowest BCUT2D eigenvalue weighted by molar-refractivity contribution is 0.574. The Morgan fingerprint density at radius 3 is 0.738 bits per heavy atom. The van der Waals surface area contributed by atoms with E-state index in [-0.39, 0.29) is 64.2 Å². The van der Waals surface area contributed by atoms with Crippen molar-refractivity contribution in [2.24, 2.45) is 0 Å². The van der Waals surface area contributed by atoms with Crippen molar-refractivity contribution < 1.29 is 8.22 Å². The summed E-state index contributed by atoms with van der Waals surface area (Å²) in [7, 11) is -13.0. The smallest absolute Gasteiger partial charge is 0.0708 e. The molecule has 0 fully saturated rings. The van der Waals surface area contributed by atoms with Crippen LogP contribution in [0.1, 0.15) is 307 Å². The van der Waals surface area contributed by atoms with E-state index >= 15 is 0 Å². The van der Waals surface area contributed by atoms with E-state index < -0.39 is 83.7 Å². The van der Waals surface area contributed by atoms with Crippen molar-refractivity contribution in [3.63, 3.8) is 0 Å². The Labute approximate surface area is 936 Å². The van der Waals surface area contributed by atoms with Crippen LogP contribution in [0, 0.1) is 48.5 Å². The maximum atomic E-state index is 9.64. The Kier molecular flexibility index (Phi) is 41.6. The minimum atomic E-state index is -1.86. The highest BCUT2D eigenvalue weighted by atomic mass is 28.4. The van der Waals surface area contributed by atoms with Crippen LogP contribution in [0.15, 0.2) is 207 Å². The van der Waals surface area contributed by atoms with E-state index in [1.165, 1.54) is 89.9 Å². The Morgan fingerprint density at radius 2 is 0.463 bits per heavy atom. The second-order valence-corrected chi connectivity index (χ2v) is 106. The van der Waals surface area contributed by atoms with E-state index in [9.17, 15) is 5.48 Å². The monoisotopic (exact) mass is 2150 g/mol. The highest BCUT2D eigenvalue weighted by Crippen LogP contribution is 2.48. The summed E-state index contributed by atoms with van der Waals surface area (Å²) in [4.78, 5) is 18.6. The van der Waals surface area contributed by atoms with Crippen molar-refractivity contribution in [3.8, 4) is 44.8 Å². The molecule has 11 rings (SSSR count). The maximum absolute atomic E-state index is 9.64. The van der Waals surface area contributed by atoms with Gasteiger partial charge in [0, 0.05) is 119 Å². The zero-order valence-corrected chi connectivity index (χ0v) is 114. The van der Waals surface area contributed by atoms with E-state index in [4.69, 9.17) is 12.7 Å². The Hall–Kier alpha value is -7.12. The average molecular weight is 2150 g/mol. The van der Waals surface area contributed by atoms with E-state index in [1.54, 1.807) is 11.1 Å². The molecule has 4 aromatic heterocycles. The molecule has 4 nitrogen and oxygen atoms in total. The van der Waals surface area contributed by atoms with E-state index in [1.807, 2.05) is 48.8 Å². The van der Waals surface area contributed by atoms with E-state index in [0.717, 1.165) is 67.1 Å². The van der Waals surface area contributed by atoms with Crippen LogP contribution < -0.4 is 0 Å². The van der Waals surface area contributed by atoms with Crippen molar-refractivity contribution in [2.75, 3.05) is 0 Å². The van der Waals surface area contributed by atoms with E-state index in [0.29, 0.717) is 0 Å². The van der Waals surface area contributed by atoms with Crippen LogP contribution in [-0.4, -0.2) is 84.5 Å². The summed E-state index contributed by atoms with van der Waals surface area (Å²) < 4.78 is 56.8. The Morgan fingerprint density at radius 1 is 0.221 bits per heavy atom. The molecule has 0 N–H and O–H groups in total. The summed E-state index contributed by atoms with van der Waals surface area (Å²) in [5.41, 5.74) is 34.2. The minimum Gasteiger partial charge on any atom is -0.258 e. The molecular formula is C137H220N4Si8. The van der Waals surface area contributed by atoms with Gasteiger partial charge >= 0.3 is 0 Å². The van der Waals surface area contributed by atoms with Crippen LogP contribution in [0.5, 0.6) is 0 Å². The summed E-state index contributed by atoms with van der Waals surface area (Å²) >= 11 is 0. The predicted molar refractivity (Wildman–Crippen MR) is 696 cm³/mol. The average Bonchev–Trinajstić information content (AvgIpc) is 0.714. The second-order valence-electron chi connectivity index (χ2n) is 61.3. The highest BCUT2D eigenvalue weighted by Gasteiger charge is 2.44. The molecule has 0 aliphatic heterocycles. The minimum absolute atomic E-state index is 0.0160. The van der Waals surface area contributed by atoms with E-state index in [2.05, 4.69) is 560 Å². The molecule has 0 bridgehead atoms. The summed E-state index contributed by atoms with van der Waals surface area (Å²) in [5.74, 6) is 0. The second kappa shape index (κ2) is 50.8. The summed E-state index contributed by atoms with van der Waals surface area (Å²) in [6.07, 6.45) is 0.938. The van der Waals surface area contributed by atoms with Gasteiger partial charge in [-0.15, -0.1) is 0 Å². The molecule has 0 unspecified atom stereocenters. The molecule has 0 saturated heterocycles. The number of pyridine rings is 4. The summed E-state index contributed by atoms with van der Waals surface area (Å²) in [6, 6.07) is 68.9. The van der Waals surface area contributed by atoms with Crippen LogP contribution in [-0.2, 0) is 74.3 Å². The molecule has 0 spiro atoms. The highest BCUT2D eigenvalue weighted by molar-refractivity contribution is 6.98. The maximum Gasteiger partial charge on any atom is 0.0708 e. The zero-order valence-electron chi connectivity index (χ0n) is 112. The molecule has 0 atom stereocenters. The number of aryl methyl sites for hydroxylation is 7. The van der Waals surface area contributed by atoms with Crippen LogP contribution in [0.25, 0.3) is 44.8 Å². The van der Waals surface area contributed by atoms with Gasteiger partial charge in [-0.3, -0.25) is 19.9 Å². The molecule has 7 aromatic carbocycles. The first-order valence-corrected chi connectivity index (χ1v) is 84.6. The number of rotatable bonds is 20. The summed E-state index contributed by atoms with van der Waals surface area (Å²) in [6.45, 7) is 132. The Bertz CT molecular complexity index is 6140. The molecule has 0 aliphatic carbocycles. The quantitative estimate of drug-likeness (QED) is 0.0714.